The summed E-state index contributed by atoms with van der Waals surface area (Å²) in [6.45, 7) is 2.04. The van der Waals surface area contributed by atoms with Crippen molar-refractivity contribution in [1.82, 2.24) is 16.0 Å². The van der Waals surface area contributed by atoms with E-state index in [1.54, 1.807) is 0 Å². The quantitative estimate of drug-likeness (QED) is 0.101. The number of aldehydes is 1. The highest BCUT2D eigenvalue weighted by Gasteiger charge is 2.44. The molecule has 4 N–H and O–H groups in total. The summed E-state index contributed by atoms with van der Waals surface area (Å²) in [7, 11) is 0. The normalized spacial score (nSPS) is 16.5. The number of hydrogen-bond acceptors (Lipinski definition) is 9. The number of rotatable bonds is 23. The van der Waals surface area contributed by atoms with Crippen molar-refractivity contribution >= 4 is 30.0 Å². The van der Waals surface area contributed by atoms with E-state index < -0.39 is 12.0 Å². The molecule has 0 aromatic heterocycles. The number of carboxylic acids is 1. The van der Waals surface area contributed by atoms with E-state index in [4.69, 9.17) is 18.9 Å². The van der Waals surface area contributed by atoms with Gasteiger partial charge in [0.1, 0.15) is 25.5 Å². The smallest absolute Gasteiger partial charge is 0.326 e. The number of benzene rings is 1. The van der Waals surface area contributed by atoms with Gasteiger partial charge in [0.2, 0.25) is 17.7 Å². The van der Waals surface area contributed by atoms with E-state index in [9.17, 15) is 29.1 Å². The molecule has 1 aliphatic rings. The van der Waals surface area contributed by atoms with E-state index in [1.165, 1.54) is 0 Å². The summed E-state index contributed by atoms with van der Waals surface area (Å²) < 4.78 is 20.7. The molecular formula is C27H39N3O10. The topological polar surface area (TPSA) is 179 Å². The zero-order valence-corrected chi connectivity index (χ0v) is 22.5. The Balaban J connectivity index is 1.44. The molecule has 1 aromatic carbocycles. The van der Waals surface area contributed by atoms with E-state index in [0.29, 0.717) is 39.1 Å². The minimum Gasteiger partial charge on any atom is -0.480 e. The van der Waals surface area contributed by atoms with Crippen LogP contribution in [0.5, 0.6) is 0 Å². The molecule has 1 aromatic rings. The minimum absolute atomic E-state index is 0.0195. The summed E-state index contributed by atoms with van der Waals surface area (Å²) in [5, 5.41) is 17.3. The van der Waals surface area contributed by atoms with Gasteiger partial charge in [-0.15, -0.1) is 0 Å². The van der Waals surface area contributed by atoms with Crippen molar-refractivity contribution in [2.75, 3.05) is 65.9 Å². The van der Waals surface area contributed by atoms with Gasteiger partial charge in [-0.1, -0.05) is 30.3 Å². The van der Waals surface area contributed by atoms with Crippen LogP contribution in [0.2, 0.25) is 0 Å². The van der Waals surface area contributed by atoms with Crippen LogP contribution in [-0.4, -0.2) is 107 Å². The van der Waals surface area contributed by atoms with Crippen molar-refractivity contribution in [1.29, 1.82) is 0 Å². The van der Waals surface area contributed by atoms with Crippen molar-refractivity contribution in [2.45, 2.75) is 31.2 Å². The molecule has 1 aliphatic carbocycles. The van der Waals surface area contributed by atoms with Crippen molar-refractivity contribution in [2.24, 2.45) is 5.92 Å². The van der Waals surface area contributed by atoms with Gasteiger partial charge in [0.15, 0.2) is 0 Å². The molecule has 1 fully saturated rings. The summed E-state index contributed by atoms with van der Waals surface area (Å²) in [6, 6.07) is 8.47. The molecule has 13 heteroatoms. The van der Waals surface area contributed by atoms with Crippen molar-refractivity contribution in [3.63, 3.8) is 0 Å². The first kappa shape index (κ1) is 32.8. The number of aliphatic carboxylic acids is 1. The fourth-order valence-electron chi connectivity index (χ4n) is 3.77. The summed E-state index contributed by atoms with van der Waals surface area (Å²) in [5.41, 5.74) is 1.06. The molecule has 0 aliphatic heterocycles. The minimum atomic E-state index is -1.18. The number of amides is 3. The summed E-state index contributed by atoms with van der Waals surface area (Å²) >= 11 is 0. The van der Waals surface area contributed by atoms with Gasteiger partial charge in [0, 0.05) is 25.4 Å². The number of carbonyl (C=O) groups is 5. The predicted molar refractivity (Wildman–Crippen MR) is 141 cm³/mol. The standard InChI is InChI=1S/C27H39N3O10/c31-10-13-39-15-14-37-12-9-29-25(33)19-40-17-16-38-11-8-28-24(32)7-6-23(27(35)36)30-26(34)22-18-21(22)20-4-2-1-3-5-20/h1-5,10,21-23H,6-9,11-19H2,(H,28,32)(H,29,33)(H,30,34)(H,35,36)/t21?,22?,23-/m0/s1. The van der Waals surface area contributed by atoms with Gasteiger partial charge in [0.25, 0.3) is 0 Å². The van der Waals surface area contributed by atoms with Crippen molar-refractivity contribution in [3.8, 4) is 0 Å². The third-order valence-electron chi connectivity index (χ3n) is 5.93. The molecule has 1 saturated carbocycles. The molecule has 0 radical (unpaired) electrons. The Morgan fingerprint density at radius 1 is 0.875 bits per heavy atom. The molecule has 0 heterocycles. The summed E-state index contributed by atoms with van der Waals surface area (Å²) in [6.07, 6.45) is 1.26. The molecular weight excluding hydrogens is 526 g/mol. The van der Waals surface area contributed by atoms with Crippen LogP contribution in [0.1, 0.15) is 30.7 Å². The summed E-state index contributed by atoms with van der Waals surface area (Å²) in [5.74, 6) is -2.28. The lowest BCUT2D eigenvalue weighted by atomic mass is 10.1. The number of carboxylic acid groups (broad SMARTS) is 1. The Morgan fingerprint density at radius 2 is 1.50 bits per heavy atom. The highest BCUT2D eigenvalue weighted by atomic mass is 16.5. The average Bonchev–Trinajstić information content (AvgIpc) is 3.75. The Morgan fingerprint density at radius 3 is 2.15 bits per heavy atom. The molecule has 0 bridgehead atoms. The molecule has 2 rings (SSSR count). The largest absolute Gasteiger partial charge is 0.480 e. The Bertz CT molecular complexity index is 930. The third-order valence-corrected chi connectivity index (χ3v) is 5.93. The Labute approximate surface area is 233 Å². The first-order chi connectivity index (χ1) is 19.4. The fourth-order valence-corrected chi connectivity index (χ4v) is 3.77. The molecule has 13 nitrogen and oxygen atoms in total. The van der Waals surface area contributed by atoms with Gasteiger partial charge in [-0.25, -0.2) is 4.79 Å². The maximum atomic E-state index is 12.5. The first-order valence-corrected chi connectivity index (χ1v) is 13.3. The Hall–Kier alpha value is -3.39. The summed E-state index contributed by atoms with van der Waals surface area (Å²) in [4.78, 5) is 57.8. The van der Waals surface area contributed by atoms with Crippen molar-refractivity contribution < 1.29 is 48.0 Å². The van der Waals surface area contributed by atoms with E-state index in [-0.39, 0.29) is 82.0 Å². The monoisotopic (exact) mass is 565 g/mol. The van der Waals surface area contributed by atoms with Crippen molar-refractivity contribution in [3.05, 3.63) is 35.9 Å². The SMILES string of the molecule is O=CCOCCOCCNC(=O)COCCOCCNC(=O)CC[C@H](NC(=O)C1CC1c1ccccc1)C(=O)O. The van der Waals surface area contributed by atoms with E-state index in [2.05, 4.69) is 16.0 Å². The maximum absolute atomic E-state index is 12.5. The van der Waals surface area contributed by atoms with E-state index in [1.807, 2.05) is 30.3 Å². The second kappa shape index (κ2) is 19.6. The highest BCUT2D eigenvalue weighted by molar-refractivity contribution is 5.88. The van der Waals surface area contributed by atoms with Gasteiger partial charge < -0.3 is 44.8 Å². The van der Waals surface area contributed by atoms with Gasteiger partial charge in [-0.3, -0.25) is 14.4 Å². The third kappa shape index (κ3) is 14.1. The van der Waals surface area contributed by atoms with Crippen LogP contribution in [0.4, 0.5) is 0 Å². The number of carbonyl (C=O) groups excluding carboxylic acids is 4. The van der Waals surface area contributed by atoms with Crippen LogP contribution < -0.4 is 16.0 Å². The van der Waals surface area contributed by atoms with E-state index >= 15 is 0 Å². The molecule has 222 valence electrons. The van der Waals surface area contributed by atoms with Crippen LogP contribution in [0.25, 0.3) is 0 Å². The van der Waals surface area contributed by atoms with Gasteiger partial charge >= 0.3 is 5.97 Å². The second-order valence-corrected chi connectivity index (χ2v) is 9.02. The molecule has 2 unspecified atom stereocenters. The average molecular weight is 566 g/mol. The molecule has 0 spiro atoms. The lowest BCUT2D eigenvalue weighted by Gasteiger charge is -2.14. The lowest BCUT2D eigenvalue weighted by Crippen LogP contribution is -2.42. The molecule has 3 amide bonds. The predicted octanol–water partition coefficient (Wildman–Crippen LogP) is -0.363. The zero-order chi connectivity index (χ0) is 29.0. The lowest BCUT2D eigenvalue weighted by molar-refractivity contribution is -0.142. The van der Waals surface area contributed by atoms with Crippen LogP contribution in [0.15, 0.2) is 30.3 Å². The maximum Gasteiger partial charge on any atom is 0.326 e. The van der Waals surface area contributed by atoms with Crippen LogP contribution in [0, 0.1) is 5.92 Å². The van der Waals surface area contributed by atoms with Gasteiger partial charge in [-0.05, 0) is 24.3 Å². The number of nitrogens with one attached hydrogen (secondary N) is 3. The molecule has 40 heavy (non-hydrogen) atoms. The van der Waals surface area contributed by atoms with Crippen LogP contribution in [-0.2, 0) is 42.9 Å². The highest BCUT2D eigenvalue weighted by Crippen LogP contribution is 2.47. The second-order valence-electron chi connectivity index (χ2n) is 9.02. The zero-order valence-electron chi connectivity index (χ0n) is 22.5. The molecule has 0 saturated heterocycles. The first-order valence-electron chi connectivity index (χ1n) is 13.3. The van der Waals surface area contributed by atoms with E-state index in [0.717, 1.165) is 5.56 Å². The molecule has 3 atom stereocenters. The fraction of sp³-hybridized carbons (Fsp3) is 0.593. The number of hydrogen-bond donors (Lipinski definition) is 4. The van der Waals surface area contributed by atoms with Crippen LogP contribution >= 0.6 is 0 Å². The van der Waals surface area contributed by atoms with Gasteiger partial charge in [-0.2, -0.15) is 0 Å². The van der Waals surface area contributed by atoms with Gasteiger partial charge in [0.05, 0.1) is 39.6 Å². The Kier molecular flexibility index (Phi) is 16.1. The van der Waals surface area contributed by atoms with Crippen LogP contribution in [0.3, 0.4) is 0 Å². The number of ether oxygens (including phenoxy) is 4.